The third kappa shape index (κ3) is 3.67. The predicted octanol–water partition coefficient (Wildman–Crippen LogP) is 2.34. The van der Waals surface area contributed by atoms with Crippen LogP contribution < -0.4 is 10.7 Å². The Balaban J connectivity index is 2.06. The second-order valence-electron chi connectivity index (χ2n) is 3.62. The van der Waals surface area contributed by atoms with Crippen LogP contribution in [0.2, 0.25) is 0 Å². The van der Waals surface area contributed by atoms with E-state index in [-0.39, 0.29) is 18.8 Å². The highest BCUT2D eigenvalue weighted by Crippen LogP contribution is 2.13. The van der Waals surface area contributed by atoms with Gasteiger partial charge in [-0.3, -0.25) is 13.2 Å². The van der Waals surface area contributed by atoms with Crippen molar-refractivity contribution in [3.05, 3.63) is 46.3 Å². The van der Waals surface area contributed by atoms with Gasteiger partial charge in [-0.25, -0.2) is 4.79 Å². The van der Waals surface area contributed by atoms with Gasteiger partial charge in [-0.05, 0) is 17.7 Å². The summed E-state index contributed by atoms with van der Waals surface area (Å²) in [4.78, 5) is 22.7. The van der Waals surface area contributed by atoms with Crippen LogP contribution in [0.1, 0.15) is 5.56 Å². The molecular weight excluding hydrogens is 365 g/mol. The number of carbonyl (C=O) groups excluding carboxylic acids is 1. The molecule has 0 bridgehead atoms. The van der Waals surface area contributed by atoms with Crippen molar-refractivity contribution in [1.82, 2.24) is 5.32 Å². The van der Waals surface area contributed by atoms with Crippen molar-refractivity contribution in [2.24, 2.45) is 0 Å². The topological polar surface area (TPSA) is 77.8 Å². The second-order valence-corrected chi connectivity index (χ2v) is 4.24. The van der Waals surface area contributed by atoms with E-state index < -0.39 is 6.09 Å². The molecule has 7 heteroatoms. The fraction of sp³-hybridized carbons (Fsp3) is 0.167. The van der Waals surface area contributed by atoms with Crippen molar-refractivity contribution in [3.8, 4) is 0 Å². The first-order chi connectivity index (χ1) is 9.20. The Bertz CT molecular complexity index is 639. The maximum atomic E-state index is 11.5. The standard InChI is InChI=1S/C12H10INO5/c13-19-7-14-12(16)18-6-8-1-2-9-10(15)3-4-17-11(9)5-8/h1-5H,6-7H2,(H,14,16). The highest BCUT2D eigenvalue weighted by atomic mass is 127. The SMILES string of the molecule is O=C(NCOI)OCc1ccc2c(=O)ccoc2c1. The molecule has 0 radical (unpaired) electrons. The molecule has 0 spiro atoms. The van der Waals surface area contributed by atoms with Gasteiger partial charge < -0.3 is 9.15 Å². The number of fused-ring (bicyclic) bond motifs is 1. The Morgan fingerprint density at radius 1 is 1.37 bits per heavy atom. The normalized spacial score (nSPS) is 10.4. The highest BCUT2D eigenvalue weighted by molar-refractivity contribution is 14.1. The third-order valence-corrected chi connectivity index (χ3v) is 2.68. The fourth-order valence-electron chi connectivity index (χ4n) is 1.50. The predicted molar refractivity (Wildman–Crippen MR) is 75.8 cm³/mol. The van der Waals surface area contributed by atoms with E-state index in [4.69, 9.17) is 9.15 Å². The molecule has 0 saturated carbocycles. The molecule has 1 amide bonds. The third-order valence-electron chi connectivity index (χ3n) is 2.37. The highest BCUT2D eigenvalue weighted by Gasteiger charge is 2.05. The van der Waals surface area contributed by atoms with E-state index >= 15 is 0 Å². The van der Waals surface area contributed by atoms with Gasteiger partial charge in [0, 0.05) is 6.07 Å². The molecule has 19 heavy (non-hydrogen) atoms. The van der Waals surface area contributed by atoms with E-state index in [0.717, 1.165) is 5.56 Å². The lowest BCUT2D eigenvalue weighted by molar-refractivity contribution is 0.134. The van der Waals surface area contributed by atoms with E-state index in [1.807, 2.05) is 0 Å². The van der Waals surface area contributed by atoms with Gasteiger partial charge in [0.15, 0.2) is 5.43 Å². The maximum absolute atomic E-state index is 11.5. The molecular formula is C12H10INO5. The van der Waals surface area contributed by atoms with Crippen LogP contribution in [0, 0.1) is 0 Å². The summed E-state index contributed by atoms with van der Waals surface area (Å²) < 4.78 is 14.8. The first kappa shape index (κ1) is 13.8. The lowest BCUT2D eigenvalue weighted by Gasteiger charge is -2.06. The van der Waals surface area contributed by atoms with Gasteiger partial charge in [-0.1, -0.05) is 6.07 Å². The average molecular weight is 375 g/mol. The van der Waals surface area contributed by atoms with Crippen LogP contribution >= 0.6 is 23.0 Å². The second kappa shape index (κ2) is 6.53. The number of carbonyl (C=O) groups is 1. The van der Waals surface area contributed by atoms with Gasteiger partial charge in [-0.15, -0.1) is 0 Å². The maximum Gasteiger partial charge on any atom is 0.409 e. The quantitative estimate of drug-likeness (QED) is 0.656. The Labute approximate surface area is 122 Å². The first-order valence-corrected chi connectivity index (χ1v) is 6.23. The summed E-state index contributed by atoms with van der Waals surface area (Å²) in [7, 11) is 0. The van der Waals surface area contributed by atoms with Crippen LogP contribution in [0.25, 0.3) is 11.0 Å². The van der Waals surface area contributed by atoms with Crippen molar-refractivity contribution in [2.75, 3.05) is 6.73 Å². The molecule has 6 nitrogen and oxygen atoms in total. The summed E-state index contributed by atoms with van der Waals surface area (Å²) in [6.07, 6.45) is 0.756. The molecule has 0 saturated heterocycles. The van der Waals surface area contributed by atoms with Crippen molar-refractivity contribution < 1.29 is 17.0 Å². The van der Waals surface area contributed by atoms with E-state index in [0.29, 0.717) is 11.0 Å². The Morgan fingerprint density at radius 3 is 3.00 bits per heavy atom. The molecule has 0 fully saturated rings. The zero-order chi connectivity index (χ0) is 13.7. The number of rotatable bonds is 4. The molecule has 100 valence electrons. The number of hydrogen-bond acceptors (Lipinski definition) is 5. The fourth-order valence-corrected chi connectivity index (χ4v) is 1.66. The van der Waals surface area contributed by atoms with Gasteiger partial charge in [0.2, 0.25) is 0 Å². The molecule has 0 aliphatic rings. The Morgan fingerprint density at radius 2 is 2.21 bits per heavy atom. The monoisotopic (exact) mass is 375 g/mol. The zero-order valence-corrected chi connectivity index (χ0v) is 11.9. The molecule has 0 aliphatic heterocycles. The van der Waals surface area contributed by atoms with Crippen molar-refractivity contribution >= 4 is 40.1 Å². The number of halogens is 1. The van der Waals surface area contributed by atoms with Crippen LogP contribution in [0.15, 0.2) is 39.7 Å². The van der Waals surface area contributed by atoms with Gasteiger partial charge in [0.05, 0.1) is 11.6 Å². The van der Waals surface area contributed by atoms with Crippen LogP contribution in [0.3, 0.4) is 0 Å². The van der Waals surface area contributed by atoms with Crippen LogP contribution in [-0.2, 0) is 14.4 Å². The van der Waals surface area contributed by atoms with Crippen molar-refractivity contribution in [1.29, 1.82) is 0 Å². The zero-order valence-electron chi connectivity index (χ0n) is 9.72. The Kier molecular flexibility index (Phi) is 4.74. The summed E-state index contributed by atoms with van der Waals surface area (Å²) in [5.41, 5.74) is 1.09. The van der Waals surface area contributed by atoms with E-state index in [1.165, 1.54) is 12.3 Å². The van der Waals surface area contributed by atoms with E-state index in [2.05, 4.69) is 8.38 Å². The smallest absolute Gasteiger partial charge is 0.409 e. The Hall–Kier alpha value is -1.61. The number of ether oxygens (including phenoxy) is 1. The summed E-state index contributed by atoms with van der Waals surface area (Å²) in [6, 6.07) is 6.38. The summed E-state index contributed by atoms with van der Waals surface area (Å²) in [5, 5.41) is 2.88. The van der Waals surface area contributed by atoms with Crippen LogP contribution in [-0.4, -0.2) is 12.8 Å². The van der Waals surface area contributed by atoms with Crippen LogP contribution in [0.4, 0.5) is 4.79 Å². The summed E-state index contributed by atoms with van der Waals surface area (Å²) in [5.74, 6) is 0. The van der Waals surface area contributed by atoms with E-state index in [9.17, 15) is 9.59 Å². The summed E-state index contributed by atoms with van der Waals surface area (Å²) in [6.45, 7) is 0.160. The minimum Gasteiger partial charge on any atom is -0.464 e. The minimum absolute atomic E-state index is 0.0754. The van der Waals surface area contributed by atoms with Gasteiger partial charge in [0.1, 0.15) is 41.9 Å². The van der Waals surface area contributed by atoms with Crippen molar-refractivity contribution in [3.63, 3.8) is 0 Å². The lowest BCUT2D eigenvalue weighted by Crippen LogP contribution is -2.25. The molecule has 1 heterocycles. The lowest BCUT2D eigenvalue weighted by atomic mass is 10.1. The van der Waals surface area contributed by atoms with Crippen LogP contribution in [0.5, 0.6) is 0 Å². The number of nitrogens with one attached hydrogen (secondary N) is 1. The van der Waals surface area contributed by atoms with E-state index in [1.54, 1.807) is 41.2 Å². The molecule has 0 unspecified atom stereocenters. The van der Waals surface area contributed by atoms with Gasteiger partial charge in [-0.2, -0.15) is 0 Å². The molecule has 1 aromatic carbocycles. The molecule has 0 aliphatic carbocycles. The molecule has 2 aromatic rings. The molecule has 1 N–H and O–H groups in total. The number of benzene rings is 1. The molecule has 1 aromatic heterocycles. The first-order valence-electron chi connectivity index (χ1n) is 5.35. The largest absolute Gasteiger partial charge is 0.464 e. The number of hydrogen-bond donors (Lipinski definition) is 1. The number of alkyl carbamates (subject to hydrolysis) is 1. The summed E-state index contributed by atoms with van der Waals surface area (Å²) >= 11 is 1.66. The van der Waals surface area contributed by atoms with Gasteiger partial charge in [0.25, 0.3) is 0 Å². The molecule has 2 rings (SSSR count). The number of amides is 1. The van der Waals surface area contributed by atoms with Crippen molar-refractivity contribution in [2.45, 2.75) is 6.61 Å². The molecule has 0 atom stereocenters. The average Bonchev–Trinajstić information content (AvgIpc) is 2.43. The minimum atomic E-state index is -0.578. The van der Waals surface area contributed by atoms with Gasteiger partial charge >= 0.3 is 6.09 Å².